The summed E-state index contributed by atoms with van der Waals surface area (Å²) >= 11 is 0. The first kappa shape index (κ1) is 24.7. The predicted octanol–water partition coefficient (Wildman–Crippen LogP) is 6.06. The van der Waals surface area contributed by atoms with E-state index in [4.69, 9.17) is 14.2 Å². The Morgan fingerprint density at radius 3 is 1.91 bits per heavy atom. The molecule has 0 saturated carbocycles. The van der Waals surface area contributed by atoms with Crippen LogP contribution in [0.1, 0.15) is 54.0 Å². The highest BCUT2D eigenvalue weighted by atomic mass is 16.5. The quantitative estimate of drug-likeness (QED) is 0.197. The van der Waals surface area contributed by atoms with Gasteiger partial charge < -0.3 is 14.2 Å². The first-order valence-electron chi connectivity index (χ1n) is 10.4. The van der Waals surface area contributed by atoms with Crippen molar-refractivity contribution in [1.29, 1.82) is 0 Å². The number of ether oxygens (including phenoxy) is 3. The Bertz CT molecular complexity index is 1020. The lowest BCUT2D eigenvalue weighted by Crippen LogP contribution is -2.10. The molecule has 0 saturated heterocycles. The summed E-state index contributed by atoms with van der Waals surface area (Å²) < 4.78 is 16.1. The second-order valence-corrected chi connectivity index (χ2v) is 7.65. The van der Waals surface area contributed by atoms with Crippen LogP contribution in [0.3, 0.4) is 0 Å². The maximum absolute atomic E-state index is 12.8. The van der Waals surface area contributed by atoms with Crippen LogP contribution in [0.2, 0.25) is 0 Å². The molecule has 0 heterocycles. The summed E-state index contributed by atoms with van der Waals surface area (Å²) in [7, 11) is 1.28. The van der Waals surface area contributed by atoms with Gasteiger partial charge in [-0.15, -0.1) is 0 Å². The van der Waals surface area contributed by atoms with Crippen LogP contribution in [0, 0.1) is 0 Å². The molecule has 0 atom stereocenters. The molecule has 168 valence electrons. The molecule has 0 aliphatic rings. The van der Waals surface area contributed by atoms with Crippen molar-refractivity contribution in [2.24, 2.45) is 0 Å². The van der Waals surface area contributed by atoms with Gasteiger partial charge in [0.1, 0.15) is 24.7 Å². The average Bonchev–Trinajstić information content (AvgIpc) is 2.77. The molecule has 0 amide bonds. The minimum absolute atomic E-state index is 0.167. The molecular weight excluding hydrogens is 404 g/mol. The van der Waals surface area contributed by atoms with Crippen molar-refractivity contribution >= 4 is 17.8 Å². The third kappa shape index (κ3) is 7.91. The number of carbonyl (C=O) groups is 2. The van der Waals surface area contributed by atoms with E-state index in [1.54, 1.807) is 18.2 Å². The Hall–Kier alpha value is -3.60. The molecule has 2 rings (SSSR count). The van der Waals surface area contributed by atoms with Gasteiger partial charge in [0, 0.05) is 5.56 Å². The number of methoxy groups -OCH3 is 1. The Labute approximate surface area is 190 Å². The summed E-state index contributed by atoms with van der Waals surface area (Å²) in [5, 5.41) is 0. The summed E-state index contributed by atoms with van der Waals surface area (Å²) in [6, 6.07) is 12.2. The standard InChI is InChI=1S/C27H30O5/c1-19(2)14-16-31-22-9-6-21(7-10-22)8-13-26(28)24-12-11-23(32-17-15-20(3)4)18-25(24)27(29)30-5/h6-15,18H,16-17H2,1-5H3. The van der Waals surface area contributed by atoms with Crippen LogP contribution < -0.4 is 9.47 Å². The molecule has 0 fully saturated rings. The predicted molar refractivity (Wildman–Crippen MR) is 127 cm³/mol. The highest BCUT2D eigenvalue weighted by Gasteiger charge is 2.17. The Kier molecular flexibility index (Phi) is 9.48. The Morgan fingerprint density at radius 1 is 0.781 bits per heavy atom. The molecule has 2 aromatic rings. The number of esters is 1. The van der Waals surface area contributed by atoms with Gasteiger partial charge in [0.05, 0.1) is 12.7 Å². The summed E-state index contributed by atoms with van der Waals surface area (Å²) in [4.78, 5) is 25.0. The van der Waals surface area contributed by atoms with Crippen molar-refractivity contribution in [2.45, 2.75) is 27.7 Å². The minimum Gasteiger partial charge on any atom is -0.490 e. The van der Waals surface area contributed by atoms with Crippen LogP contribution in [0.15, 0.2) is 71.8 Å². The first-order valence-corrected chi connectivity index (χ1v) is 10.4. The van der Waals surface area contributed by atoms with E-state index >= 15 is 0 Å². The van der Waals surface area contributed by atoms with Gasteiger partial charge in [0.2, 0.25) is 0 Å². The topological polar surface area (TPSA) is 61.8 Å². The summed E-state index contributed by atoms with van der Waals surface area (Å²) in [5.74, 6) is 0.354. The molecule has 5 nitrogen and oxygen atoms in total. The zero-order valence-corrected chi connectivity index (χ0v) is 19.3. The number of carbonyl (C=O) groups excluding carboxylic acids is 2. The summed E-state index contributed by atoms with van der Waals surface area (Å²) in [6.07, 6.45) is 7.06. The van der Waals surface area contributed by atoms with Crippen LogP contribution in [0.5, 0.6) is 11.5 Å². The van der Waals surface area contributed by atoms with E-state index in [9.17, 15) is 9.59 Å². The smallest absolute Gasteiger partial charge is 0.338 e. The average molecular weight is 435 g/mol. The SMILES string of the molecule is COC(=O)c1cc(OCC=C(C)C)ccc1C(=O)C=Cc1ccc(OCC=C(C)C)cc1. The van der Waals surface area contributed by atoms with Gasteiger partial charge in [-0.05, 0) is 81.8 Å². The Morgan fingerprint density at radius 2 is 1.34 bits per heavy atom. The molecule has 2 aromatic carbocycles. The fourth-order valence-electron chi connectivity index (χ4n) is 2.65. The van der Waals surface area contributed by atoms with Crippen LogP contribution >= 0.6 is 0 Å². The van der Waals surface area contributed by atoms with Gasteiger partial charge in [-0.2, -0.15) is 0 Å². The van der Waals surface area contributed by atoms with E-state index in [0.717, 1.165) is 16.9 Å². The molecule has 0 N–H and O–H groups in total. The van der Waals surface area contributed by atoms with Crippen molar-refractivity contribution in [1.82, 2.24) is 0 Å². The van der Waals surface area contributed by atoms with Crippen LogP contribution in [0.25, 0.3) is 6.08 Å². The van der Waals surface area contributed by atoms with E-state index in [0.29, 0.717) is 19.0 Å². The van der Waals surface area contributed by atoms with Crippen molar-refractivity contribution < 1.29 is 23.8 Å². The van der Waals surface area contributed by atoms with Gasteiger partial charge >= 0.3 is 5.97 Å². The van der Waals surface area contributed by atoms with Crippen molar-refractivity contribution in [3.63, 3.8) is 0 Å². The van der Waals surface area contributed by atoms with Gasteiger partial charge in [0.25, 0.3) is 0 Å². The van der Waals surface area contributed by atoms with E-state index in [2.05, 4.69) is 0 Å². The highest BCUT2D eigenvalue weighted by Crippen LogP contribution is 2.21. The molecule has 0 radical (unpaired) electrons. The lowest BCUT2D eigenvalue weighted by atomic mass is 10.0. The monoisotopic (exact) mass is 434 g/mol. The summed E-state index contributed by atoms with van der Waals surface area (Å²) in [5.41, 5.74) is 3.59. The molecule has 5 heteroatoms. The lowest BCUT2D eigenvalue weighted by Gasteiger charge is -2.09. The second-order valence-electron chi connectivity index (χ2n) is 7.65. The van der Waals surface area contributed by atoms with Crippen LogP contribution in [0.4, 0.5) is 0 Å². The Balaban J connectivity index is 2.13. The van der Waals surface area contributed by atoms with Crippen LogP contribution in [-0.4, -0.2) is 32.1 Å². The first-order chi connectivity index (χ1) is 15.3. The van der Waals surface area contributed by atoms with E-state index in [1.807, 2.05) is 64.1 Å². The number of ketones is 1. The van der Waals surface area contributed by atoms with E-state index < -0.39 is 5.97 Å². The maximum Gasteiger partial charge on any atom is 0.338 e. The van der Waals surface area contributed by atoms with E-state index in [1.165, 1.54) is 24.8 Å². The van der Waals surface area contributed by atoms with Gasteiger partial charge in [-0.3, -0.25) is 4.79 Å². The van der Waals surface area contributed by atoms with Gasteiger partial charge in [-0.1, -0.05) is 29.4 Å². The second kappa shape index (κ2) is 12.3. The molecule has 32 heavy (non-hydrogen) atoms. The summed E-state index contributed by atoms with van der Waals surface area (Å²) in [6.45, 7) is 8.88. The van der Waals surface area contributed by atoms with Crippen LogP contribution in [-0.2, 0) is 4.74 Å². The normalized spacial score (nSPS) is 10.4. The number of benzene rings is 2. The van der Waals surface area contributed by atoms with Crippen molar-refractivity contribution in [3.8, 4) is 11.5 Å². The lowest BCUT2D eigenvalue weighted by molar-refractivity contribution is 0.0597. The minimum atomic E-state index is -0.590. The molecule has 0 spiro atoms. The zero-order valence-electron chi connectivity index (χ0n) is 19.3. The molecular formula is C27H30O5. The molecule has 0 unspecified atom stereocenters. The number of rotatable bonds is 10. The number of hydrogen-bond donors (Lipinski definition) is 0. The molecule has 0 aliphatic heterocycles. The highest BCUT2D eigenvalue weighted by molar-refractivity contribution is 6.13. The largest absolute Gasteiger partial charge is 0.490 e. The van der Waals surface area contributed by atoms with Crippen molar-refractivity contribution in [3.05, 3.63) is 88.5 Å². The maximum atomic E-state index is 12.8. The molecule has 0 aromatic heterocycles. The number of allylic oxidation sites excluding steroid dienone is 3. The van der Waals surface area contributed by atoms with Gasteiger partial charge in [-0.25, -0.2) is 4.79 Å². The molecule has 0 bridgehead atoms. The third-order valence-electron chi connectivity index (χ3n) is 4.45. The van der Waals surface area contributed by atoms with E-state index in [-0.39, 0.29) is 16.9 Å². The van der Waals surface area contributed by atoms with Gasteiger partial charge in [0.15, 0.2) is 5.78 Å². The fourth-order valence-corrected chi connectivity index (χ4v) is 2.65. The fraction of sp³-hybridized carbons (Fsp3) is 0.259. The molecule has 0 aliphatic carbocycles. The zero-order chi connectivity index (χ0) is 23.5. The van der Waals surface area contributed by atoms with Crippen molar-refractivity contribution in [2.75, 3.05) is 20.3 Å². The third-order valence-corrected chi connectivity index (χ3v) is 4.45. The number of hydrogen-bond acceptors (Lipinski definition) is 5.